The maximum atomic E-state index is 12.9. The first-order chi connectivity index (χ1) is 11.0. The number of nitrogens with zero attached hydrogens (tertiary/aromatic N) is 1. The summed E-state index contributed by atoms with van der Waals surface area (Å²) < 4.78 is 12.9. The maximum Gasteiger partial charge on any atom is 0.317 e. The van der Waals surface area contributed by atoms with Gasteiger partial charge in [-0.25, -0.2) is 4.39 Å². The van der Waals surface area contributed by atoms with Gasteiger partial charge < -0.3 is 10.4 Å². The highest BCUT2D eigenvalue weighted by Crippen LogP contribution is 2.33. The minimum atomic E-state index is -0.801. The zero-order valence-electron chi connectivity index (χ0n) is 12.9. The van der Waals surface area contributed by atoms with Crippen molar-refractivity contribution in [1.29, 1.82) is 0 Å². The number of hydrogen-bond acceptors (Lipinski definition) is 3. The fourth-order valence-corrected chi connectivity index (χ4v) is 3.02. The van der Waals surface area contributed by atoms with Crippen LogP contribution >= 0.6 is 0 Å². The van der Waals surface area contributed by atoms with Crippen molar-refractivity contribution in [1.82, 2.24) is 10.2 Å². The molecule has 1 aromatic carbocycles. The molecule has 0 unspecified atom stereocenters. The quantitative estimate of drug-likeness (QED) is 0.805. The van der Waals surface area contributed by atoms with E-state index in [2.05, 4.69) is 5.32 Å². The van der Waals surface area contributed by atoms with Gasteiger partial charge in [0.1, 0.15) is 5.82 Å². The molecule has 0 aliphatic heterocycles. The van der Waals surface area contributed by atoms with Gasteiger partial charge in [-0.15, -0.1) is 0 Å². The molecule has 0 atom stereocenters. The van der Waals surface area contributed by atoms with E-state index in [1.165, 1.54) is 37.1 Å². The lowest BCUT2D eigenvalue weighted by Crippen LogP contribution is -2.55. The molecule has 0 radical (unpaired) electrons. The van der Waals surface area contributed by atoms with Crippen molar-refractivity contribution in [3.05, 3.63) is 35.6 Å². The molecule has 2 aliphatic carbocycles. The van der Waals surface area contributed by atoms with Crippen LogP contribution in [0.2, 0.25) is 0 Å². The van der Waals surface area contributed by atoms with Crippen LogP contribution in [0.1, 0.15) is 36.0 Å². The average Bonchev–Trinajstić information content (AvgIpc) is 3.25. The number of carbonyl (C=O) groups is 2. The van der Waals surface area contributed by atoms with E-state index in [0.717, 1.165) is 19.4 Å². The zero-order valence-corrected chi connectivity index (χ0v) is 12.9. The molecule has 23 heavy (non-hydrogen) atoms. The number of nitrogens with one attached hydrogen (secondary N) is 1. The van der Waals surface area contributed by atoms with Crippen LogP contribution in [0.15, 0.2) is 24.3 Å². The molecule has 1 amide bonds. The van der Waals surface area contributed by atoms with Crippen LogP contribution in [0.25, 0.3) is 0 Å². The van der Waals surface area contributed by atoms with Gasteiger partial charge in [0.25, 0.3) is 5.91 Å². The van der Waals surface area contributed by atoms with Gasteiger partial charge in [0.2, 0.25) is 0 Å². The summed E-state index contributed by atoms with van der Waals surface area (Å²) >= 11 is 0. The Morgan fingerprint density at radius 2 is 1.87 bits per heavy atom. The summed E-state index contributed by atoms with van der Waals surface area (Å²) in [6.07, 6.45) is 3.92. The summed E-state index contributed by atoms with van der Waals surface area (Å²) in [6.45, 7) is 0.912. The number of carbonyl (C=O) groups excluding carboxylic acids is 1. The van der Waals surface area contributed by atoms with Gasteiger partial charge in [-0.05, 0) is 55.9 Å². The van der Waals surface area contributed by atoms with E-state index in [-0.39, 0.29) is 30.4 Å². The minimum Gasteiger partial charge on any atom is -0.480 e. The predicted octanol–water partition coefficient (Wildman–Crippen LogP) is 1.88. The Balaban J connectivity index is 1.48. The molecule has 0 spiro atoms. The highest BCUT2D eigenvalue weighted by Gasteiger charge is 2.37. The van der Waals surface area contributed by atoms with Crippen molar-refractivity contribution < 1.29 is 19.1 Å². The largest absolute Gasteiger partial charge is 0.480 e. The van der Waals surface area contributed by atoms with Crippen LogP contribution in [-0.4, -0.2) is 47.1 Å². The smallest absolute Gasteiger partial charge is 0.317 e. The molecule has 0 bridgehead atoms. The lowest BCUT2D eigenvalue weighted by Gasteiger charge is -2.42. The third-order valence-corrected chi connectivity index (χ3v) is 4.60. The van der Waals surface area contributed by atoms with E-state index in [0.29, 0.717) is 11.5 Å². The van der Waals surface area contributed by atoms with Gasteiger partial charge >= 0.3 is 5.97 Å². The maximum absolute atomic E-state index is 12.9. The molecule has 1 aromatic rings. The fourth-order valence-electron chi connectivity index (χ4n) is 3.02. The van der Waals surface area contributed by atoms with Crippen molar-refractivity contribution in [2.75, 3.05) is 13.1 Å². The highest BCUT2D eigenvalue weighted by molar-refractivity contribution is 5.94. The summed E-state index contributed by atoms with van der Waals surface area (Å²) in [5.41, 5.74) is 0.440. The second-order valence-electron chi connectivity index (χ2n) is 6.57. The second kappa shape index (κ2) is 6.66. The third-order valence-electron chi connectivity index (χ3n) is 4.60. The Labute approximate surface area is 134 Å². The minimum absolute atomic E-state index is 0.0630. The van der Waals surface area contributed by atoms with Gasteiger partial charge in [-0.2, -0.15) is 0 Å². The number of rotatable bonds is 7. The first-order valence-corrected chi connectivity index (χ1v) is 8.03. The number of aliphatic carboxylic acids is 1. The molecule has 0 saturated heterocycles. The first-order valence-electron chi connectivity index (χ1n) is 8.03. The van der Waals surface area contributed by atoms with E-state index in [1.54, 1.807) is 0 Å². The van der Waals surface area contributed by atoms with Crippen molar-refractivity contribution in [3.63, 3.8) is 0 Å². The molecule has 6 heteroatoms. The fraction of sp³-hybridized carbons (Fsp3) is 0.529. The van der Waals surface area contributed by atoms with Crippen LogP contribution in [0.3, 0.4) is 0 Å². The molecule has 2 fully saturated rings. The second-order valence-corrected chi connectivity index (χ2v) is 6.57. The summed E-state index contributed by atoms with van der Waals surface area (Å²) in [5.74, 6) is -0.735. The van der Waals surface area contributed by atoms with Gasteiger partial charge in [0, 0.05) is 24.2 Å². The predicted molar refractivity (Wildman–Crippen MR) is 82.6 cm³/mol. The number of carboxylic acids is 1. The molecular weight excluding hydrogens is 299 g/mol. The van der Waals surface area contributed by atoms with Crippen LogP contribution in [0.5, 0.6) is 0 Å². The molecule has 3 rings (SSSR count). The summed E-state index contributed by atoms with van der Waals surface area (Å²) in [5, 5.41) is 11.9. The summed E-state index contributed by atoms with van der Waals surface area (Å²) in [4.78, 5) is 25.1. The van der Waals surface area contributed by atoms with Crippen molar-refractivity contribution in [2.45, 2.75) is 37.8 Å². The normalized spacial score (nSPS) is 23.4. The Kier molecular flexibility index (Phi) is 4.61. The van der Waals surface area contributed by atoms with E-state index >= 15 is 0 Å². The molecule has 124 valence electrons. The number of carboxylic acid groups (broad SMARTS) is 1. The molecule has 2 aliphatic rings. The van der Waals surface area contributed by atoms with Crippen LogP contribution in [0, 0.1) is 11.7 Å². The average molecular weight is 320 g/mol. The molecule has 2 saturated carbocycles. The monoisotopic (exact) mass is 320 g/mol. The number of hydrogen-bond donors (Lipinski definition) is 2. The Hall–Kier alpha value is -1.95. The summed E-state index contributed by atoms with van der Waals surface area (Å²) in [6, 6.07) is 5.75. The van der Waals surface area contributed by atoms with Crippen molar-refractivity contribution in [3.8, 4) is 0 Å². The molecule has 0 heterocycles. The first kappa shape index (κ1) is 15.9. The summed E-state index contributed by atoms with van der Waals surface area (Å²) in [7, 11) is 0. The molecular formula is C17H21FN2O3. The van der Waals surface area contributed by atoms with Crippen molar-refractivity contribution in [2.24, 2.45) is 5.92 Å². The van der Waals surface area contributed by atoms with Crippen LogP contribution in [0.4, 0.5) is 4.39 Å². The van der Waals surface area contributed by atoms with Gasteiger partial charge in [0.15, 0.2) is 0 Å². The lowest BCUT2D eigenvalue weighted by molar-refractivity contribution is -0.139. The Morgan fingerprint density at radius 3 is 2.43 bits per heavy atom. The van der Waals surface area contributed by atoms with Crippen LogP contribution < -0.4 is 5.32 Å². The highest BCUT2D eigenvalue weighted by atomic mass is 19.1. The topological polar surface area (TPSA) is 69.6 Å². The van der Waals surface area contributed by atoms with E-state index < -0.39 is 5.97 Å². The van der Waals surface area contributed by atoms with Gasteiger partial charge in [-0.3, -0.25) is 14.5 Å². The van der Waals surface area contributed by atoms with E-state index in [1.807, 2.05) is 4.90 Å². The van der Waals surface area contributed by atoms with Gasteiger partial charge in [-0.1, -0.05) is 0 Å². The molecule has 2 N–H and O–H groups in total. The number of halogens is 1. The van der Waals surface area contributed by atoms with E-state index in [9.17, 15) is 14.0 Å². The number of benzene rings is 1. The Bertz CT molecular complexity index is 580. The molecule has 0 aromatic heterocycles. The lowest BCUT2D eigenvalue weighted by atomic mass is 9.85. The Morgan fingerprint density at radius 1 is 1.22 bits per heavy atom. The molecule has 5 nitrogen and oxygen atoms in total. The third kappa shape index (κ3) is 4.28. The van der Waals surface area contributed by atoms with Crippen molar-refractivity contribution >= 4 is 11.9 Å². The zero-order chi connectivity index (χ0) is 16.4. The van der Waals surface area contributed by atoms with E-state index in [4.69, 9.17) is 5.11 Å². The van der Waals surface area contributed by atoms with Crippen LogP contribution in [-0.2, 0) is 4.79 Å². The van der Waals surface area contributed by atoms with Gasteiger partial charge in [0.05, 0.1) is 6.54 Å². The SMILES string of the molecule is O=C(O)CN(CC1CC1)C1CC(NC(=O)c2ccc(F)cc2)C1. The number of amides is 1. The standard InChI is InChI=1S/C17H21FN2O3/c18-13-5-3-12(4-6-13)17(23)19-14-7-15(8-14)20(10-16(21)22)9-11-1-2-11/h3-6,11,14-15H,1-2,7-10H2,(H,19,23)(H,21,22).